The summed E-state index contributed by atoms with van der Waals surface area (Å²) in [5.74, 6) is -2.42. The number of nitrogens with one attached hydrogen (secondary N) is 1. The Hall–Kier alpha value is -3.65. The molecule has 1 aliphatic heterocycles. The molecular formula is C22H18N2O5S. The number of carboxylic acid groups (broad SMARTS) is 1. The van der Waals surface area contributed by atoms with Crippen LogP contribution in [0.3, 0.4) is 0 Å². The minimum atomic E-state index is -1.19. The van der Waals surface area contributed by atoms with Crippen LogP contribution >= 0.6 is 11.8 Å². The van der Waals surface area contributed by atoms with Gasteiger partial charge < -0.3 is 10.4 Å². The van der Waals surface area contributed by atoms with Crippen LogP contribution in [0, 0.1) is 0 Å². The van der Waals surface area contributed by atoms with Crippen molar-refractivity contribution in [1.82, 2.24) is 4.90 Å². The Morgan fingerprint density at radius 2 is 1.73 bits per heavy atom. The highest BCUT2D eigenvalue weighted by Crippen LogP contribution is 2.31. The summed E-state index contributed by atoms with van der Waals surface area (Å²) in [4.78, 5) is 49.4. The van der Waals surface area contributed by atoms with Crippen molar-refractivity contribution in [2.45, 2.75) is 6.92 Å². The first-order valence-electron chi connectivity index (χ1n) is 8.96. The number of benzene rings is 2. The van der Waals surface area contributed by atoms with Gasteiger partial charge in [0.1, 0.15) is 6.54 Å². The van der Waals surface area contributed by atoms with E-state index in [1.807, 2.05) is 43.3 Å². The van der Waals surface area contributed by atoms with Crippen molar-refractivity contribution in [2.75, 3.05) is 11.9 Å². The summed E-state index contributed by atoms with van der Waals surface area (Å²) >= 11 is 0.761. The van der Waals surface area contributed by atoms with Crippen molar-refractivity contribution in [3.63, 3.8) is 0 Å². The van der Waals surface area contributed by atoms with E-state index in [1.54, 1.807) is 12.1 Å². The lowest BCUT2D eigenvalue weighted by Crippen LogP contribution is -2.36. The lowest BCUT2D eigenvalue weighted by Gasteiger charge is -2.13. The molecule has 30 heavy (non-hydrogen) atoms. The van der Waals surface area contributed by atoms with Gasteiger partial charge in [0.15, 0.2) is 0 Å². The molecular weight excluding hydrogens is 404 g/mol. The van der Waals surface area contributed by atoms with Gasteiger partial charge in [0.05, 0.1) is 16.2 Å². The highest BCUT2D eigenvalue weighted by Gasteiger charge is 2.36. The van der Waals surface area contributed by atoms with Crippen molar-refractivity contribution in [1.29, 1.82) is 0 Å². The van der Waals surface area contributed by atoms with Crippen LogP contribution in [0.2, 0.25) is 0 Å². The molecule has 1 saturated heterocycles. The predicted molar refractivity (Wildman–Crippen MR) is 115 cm³/mol. The molecule has 0 unspecified atom stereocenters. The van der Waals surface area contributed by atoms with Crippen LogP contribution < -0.4 is 5.32 Å². The number of carbonyl (C=O) groups is 4. The van der Waals surface area contributed by atoms with Gasteiger partial charge in [-0.15, -0.1) is 0 Å². The molecule has 0 radical (unpaired) electrons. The number of amides is 3. The molecule has 7 nitrogen and oxygen atoms in total. The summed E-state index contributed by atoms with van der Waals surface area (Å²) < 4.78 is 0. The van der Waals surface area contributed by atoms with Crippen LogP contribution in [0.15, 0.2) is 71.2 Å². The van der Waals surface area contributed by atoms with E-state index in [9.17, 15) is 24.3 Å². The Balaban J connectivity index is 1.70. The molecule has 1 fully saturated rings. The number of rotatable bonds is 6. The number of hydrogen-bond acceptors (Lipinski definition) is 5. The Kier molecular flexibility index (Phi) is 6.48. The third-order valence-electron chi connectivity index (χ3n) is 4.16. The van der Waals surface area contributed by atoms with Crippen LogP contribution in [0.4, 0.5) is 10.5 Å². The number of allylic oxidation sites excluding steroid dienone is 2. The van der Waals surface area contributed by atoms with Crippen LogP contribution in [0.25, 0.3) is 6.08 Å². The molecule has 3 rings (SSSR count). The number of anilines is 1. The average Bonchev–Trinajstić information content (AvgIpc) is 2.96. The molecule has 2 N–H and O–H groups in total. The maximum absolute atomic E-state index is 12.6. The second-order valence-electron chi connectivity index (χ2n) is 6.47. The number of carbonyl (C=O) groups excluding carboxylic acids is 3. The minimum absolute atomic E-state index is 0.0819. The Bertz CT molecular complexity index is 1080. The van der Waals surface area contributed by atoms with E-state index in [1.165, 1.54) is 18.2 Å². The Labute approximate surface area is 177 Å². The molecule has 152 valence electrons. The summed E-state index contributed by atoms with van der Waals surface area (Å²) in [5.41, 5.74) is 1.76. The second-order valence-corrected chi connectivity index (χ2v) is 7.46. The van der Waals surface area contributed by atoms with Gasteiger partial charge in [0.2, 0.25) is 5.91 Å². The lowest BCUT2D eigenvalue weighted by molar-refractivity contribution is -0.127. The lowest BCUT2D eigenvalue weighted by atomic mass is 10.1. The van der Waals surface area contributed by atoms with Crippen molar-refractivity contribution >= 4 is 46.5 Å². The molecule has 0 aromatic heterocycles. The Morgan fingerprint density at radius 3 is 2.43 bits per heavy atom. The van der Waals surface area contributed by atoms with E-state index >= 15 is 0 Å². The first-order valence-corrected chi connectivity index (χ1v) is 9.77. The summed E-state index contributed by atoms with van der Waals surface area (Å²) in [6.45, 7) is 1.31. The number of aromatic carboxylic acids is 1. The number of para-hydroxylation sites is 1. The third-order valence-corrected chi connectivity index (χ3v) is 5.07. The zero-order valence-electron chi connectivity index (χ0n) is 16.0. The van der Waals surface area contributed by atoms with Crippen molar-refractivity contribution in [2.24, 2.45) is 0 Å². The van der Waals surface area contributed by atoms with Crippen LogP contribution in [-0.4, -0.2) is 39.6 Å². The van der Waals surface area contributed by atoms with E-state index in [2.05, 4.69) is 5.32 Å². The molecule has 0 atom stereocenters. The quantitative estimate of drug-likeness (QED) is 0.682. The highest BCUT2D eigenvalue weighted by molar-refractivity contribution is 8.18. The molecule has 0 saturated carbocycles. The fourth-order valence-corrected chi connectivity index (χ4v) is 3.70. The van der Waals surface area contributed by atoms with E-state index < -0.39 is 29.6 Å². The van der Waals surface area contributed by atoms with E-state index in [0.717, 1.165) is 27.8 Å². The zero-order valence-corrected chi connectivity index (χ0v) is 16.8. The molecule has 1 heterocycles. The van der Waals surface area contributed by atoms with E-state index in [0.29, 0.717) is 0 Å². The molecule has 3 amide bonds. The van der Waals surface area contributed by atoms with Gasteiger partial charge in [0, 0.05) is 0 Å². The normalized spacial score (nSPS) is 15.6. The largest absolute Gasteiger partial charge is 0.478 e. The number of imide groups is 1. The van der Waals surface area contributed by atoms with Gasteiger partial charge in [-0.05, 0) is 48.0 Å². The summed E-state index contributed by atoms with van der Waals surface area (Å²) in [6, 6.07) is 15.4. The molecule has 2 aromatic carbocycles. The topological polar surface area (TPSA) is 104 Å². The van der Waals surface area contributed by atoms with Gasteiger partial charge in [-0.1, -0.05) is 48.5 Å². The van der Waals surface area contributed by atoms with Gasteiger partial charge in [-0.3, -0.25) is 19.3 Å². The summed E-state index contributed by atoms with van der Waals surface area (Å²) in [7, 11) is 0. The summed E-state index contributed by atoms with van der Waals surface area (Å²) in [6.07, 6.45) is 3.49. The van der Waals surface area contributed by atoms with Gasteiger partial charge in [-0.2, -0.15) is 0 Å². The minimum Gasteiger partial charge on any atom is -0.478 e. The molecule has 0 aliphatic carbocycles. The molecule has 8 heteroatoms. The number of carboxylic acids is 1. The predicted octanol–water partition coefficient (Wildman–Crippen LogP) is 4.01. The third kappa shape index (κ3) is 5.03. The number of thioether (sulfide) groups is 1. The standard InChI is InChI=1S/C22H18N2O5S/c1-14(11-15-7-3-2-4-8-15)12-18-20(26)24(22(29)30-18)13-19(25)23-17-10-6-5-9-16(17)21(27)28/h2-12H,13H2,1H3,(H,23,25)(H,27,28)/b14-11+,18-12-. The summed E-state index contributed by atoms with van der Waals surface area (Å²) in [5, 5.41) is 11.1. The van der Waals surface area contributed by atoms with Gasteiger partial charge in [0.25, 0.3) is 11.1 Å². The number of hydrogen-bond donors (Lipinski definition) is 2. The van der Waals surface area contributed by atoms with Crippen molar-refractivity contribution in [3.05, 3.63) is 82.3 Å². The maximum atomic E-state index is 12.6. The van der Waals surface area contributed by atoms with Crippen molar-refractivity contribution in [3.8, 4) is 0 Å². The second kappa shape index (κ2) is 9.23. The van der Waals surface area contributed by atoms with E-state index in [4.69, 9.17) is 0 Å². The van der Waals surface area contributed by atoms with Crippen molar-refractivity contribution < 1.29 is 24.3 Å². The van der Waals surface area contributed by atoms with Crippen LogP contribution in [-0.2, 0) is 9.59 Å². The first kappa shape index (κ1) is 21.1. The van der Waals surface area contributed by atoms with Crippen LogP contribution in [0.1, 0.15) is 22.8 Å². The molecule has 0 bridgehead atoms. The zero-order chi connectivity index (χ0) is 21.7. The maximum Gasteiger partial charge on any atom is 0.337 e. The highest BCUT2D eigenvalue weighted by atomic mass is 32.2. The van der Waals surface area contributed by atoms with Crippen LogP contribution in [0.5, 0.6) is 0 Å². The fourth-order valence-electron chi connectivity index (χ4n) is 2.81. The smallest absolute Gasteiger partial charge is 0.337 e. The van der Waals surface area contributed by atoms with Gasteiger partial charge >= 0.3 is 5.97 Å². The fraction of sp³-hybridized carbons (Fsp3) is 0.0909. The molecule has 1 aliphatic rings. The Morgan fingerprint density at radius 1 is 1.07 bits per heavy atom. The monoisotopic (exact) mass is 422 g/mol. The average molecular weight is 422 g/mol. The molecule has 2 aromatic rings. The molecule has 0 spiro atoms. The first-order chi connectivity index (χ1) is 14.3. The van der Waals surface area contributed by atoms with E-state index in [-0.39, 0.29) is 16.2 Å². The SMILES string of the molecule is CC(/C=C1\SC(=O)N(CC(=O)Nc2ccccc2C(=O)O)C1=O)=C\c1ccccc1. The number of nitrogens with zero attached hydrogens (tertiary/aromatic N) is 1. The van der Waals surface area contributed by atoms with Gasteiger partial charge in [-0.25, -0.2) is 4.79 Å².